The molecule has 0 atom stereocenters. The van der Waals surface area contributed by atoms with E-state index in [0.717, 1.165) is 23.3 Å². The molecule has 1 aromatic heterocycles. The first-order valence-electron chi connectivity index (χ1n) is 10.8. The average molecular weight is 457 g/mol. The first kappa shape index (κ1) is 22.3. The molecule has 0 aliphatic carbocycles. The van der Waals surface area contributed by atoms with Crippen molar-refractivity contribution in [3.05, 3.63) is 48.3 Å². The Morgan fingerprint density at radius 2 is 1.97 bits per heavy atom. The molecule has 3 aromatic rings. The highest BCUT2D eigenvalue weighted by Crippen LogP contribution is 2.31. The minimum atomic E-state index is -3.86. The van der Waals surface area contributed by atoms with Gasteiger partial charge in [0.25, 0.3) is 0 Å². The van der Waals surface area contributed by atoms with Crippen LogP contribution in [-0.2, 0) is 21.2 Å². The van der Waals surface area contributed by atoms with Gasteiger partial charge in [-0.25, -0.2) is 18.1 Å². The summed E-state index contributed by atoms with van der Waals surface area (Å²) in [4.78, 5) is 18.4. The minimum absolute atomic E-state index is 0.000869. The number of rotatable bonds is 8. The van der Waals surface area contributed by atoms with Crippen LogP contribution in [-0.4, -0.2) is 44.1 Å². The summed E-state index contributed by atoms with van der Waals surface area (Å²) in [7, 11) is -2.43. The number of sulfonamides is 1. The van der Waals surface area contributed by atoms with Gasteiger partial charge >= 0.3 is 0 Å². The number of anilines is 1. The number of nitrogens with one attached hydrogen (secondary N) is 1. The minimum Gasteiger partial charge on any atom is -0.495 e. The predicted octanol–water partition coefficient (Wildman–Crippen LogP) is 3.27. The van der Waals surface area contributed by atoms with Gasteiger partial charge in [-0.2, -0.15) is 0 Å². The fourth-order valence-corrected chi connectivity index (χ4v) is 5.40. The fraction of sp³-hybridized carbons (Fsp3) is 0.391. The normalized spacial score (nSPS) is 14.6. The van der Waals surface area contributed by atoms with Crippen molar-refractivity contribution in [2.24, 2.45) is 0 Å². The van der Waals surface area contributed by atoms with E-state index in [2.05, 4.69) is 23.1 Å². The molecule has 0 spiro atoms. The summed E-state index contributed by atoms with van der Waals surface area (Å²) in [6, 6.07) is 12.9. The number of carbonyl (C=O) groups is 1. The van der Waals surface area contributed by atoms with Crippen LogP contribution in [0, 0.1) is 0 Å². The van der Waals surface area contributed by atoms with Crippen LogP contribution in [0.4, 0.5) is 5.69 Å². The van der Waals surface area contributed by atoms with Gasteiger partial charge in [-0.1, -0.05) is 12.1 Å². The lowest BCUT2D eigenvalue weighted by Gasteiger charge is -2.18. The third kappa shape index (κ3) is 4.22. The molecule has 1 fully saturated rings. The Morgan fingerprint density at radius 3 is 2.66 bits per heavy atom. The second-order valence-corrected chi connectivity index (χ2v) is 9.85. The Bertz CT molecular complexity index is 1250. The zero-order valence-corrected chi connectivity index (χ0v) is 19.4. The topological polar surface area (TPSA) is 93.5 Å². The maximum Gasteiger partial charge on any atom is 0.244 e. The molecule has 0 bridgehead atoms. The summed E-state index contributed by atoms with van der Waals surface area (Å²) in [5.41, 5.74) is 2.49. The number of nitrogens with zero attached hydrogens (tertiary/aromatic N) is 3. The Morgan fingerprint density at radius 1 is 1.19 bits per heavy atom. The zero-order valence-electron chi connectivity index (χ0n) is 18.5. The molecule has 8 nitrogen and oxygen atoms in total. The van der Waals surface area contributed by atoms with E-state index in [1.165, 1.54) is 13.2 Å². The number of methoxy groups -OCH3 is 1. The van der Waals surface area contributed by atoms with Crippen molar-refractivity contribution >= 4 is 32.7 Å². The maximum atomic E-state index is 13.1. The summed E-state index contributed by atoms with van der Waals surface area (Å²) in [5, 5.41) is 0. The highest BCUT2D eigenvalue weighted by Gasteiger charge is 2.26. The van der Waals surface area contributed by atoms with Crippen LogP contribution in [0.15, 0.2) is 47.4 Å². The third-order valence-corrected chi connectivity index (χ3v) is 7.13. The van der Waals surface area contributed by atoms with Crippen LogP contribution in [0.5, 0.6) is 5.75 Å². The molecule has 32 heavy (non-hydrogen) atoms. The van der Waals surface area contributed by atoms with Gasteiger partial charge in [0.05, 0.1) is 18.1 Å². The van der Waals surface area contributed by atoms with Crippen LogP contribution < -0.4 is 14.4 Å². The van der Waals surface area contributed by atoms with Crippen LogP contribution in [0.3, 0.4) is 0 Å². The Labute approximate surface area is 188 Å². The molecule has 1 aliphatic rings. The summed E-state index contributed by atoms with van der Waals surface area (Å²) < 4.78 is 36.3. The molecule has 2 heterocycles. The quantitative estimate of drug-likeness (QED) is 0.562. The summed E-state index contributed by atoms with van der Waals surface area (Å²) >= 11 is 0. The van der Waals surface area contributed by atoms with Crippen molar-refractivity contribution in [3.63, 3.8) is 0 Å². The number of para-hydroxylation sites is 2. The molecule has 1 N–H and O–H groups in total. The lowest BCUT2D eigenvalue weighted by atomic mass is 10.3. The lowest BCUT2D eigenvalue weighted by molar-refractivity contribution is -0.117. The molecular weight excluding hydrogens is 428 g/mol. The van der Waals surface area contributed by atoms with Crippen molar-refractivity contribution < 1.29 is 17.9 Å². The molecule has 1 saturated heterocycles. The molecular formula is C23H28N4O4S. The van der Waals surface area contributed by atoms with E-state index in [-0.39, 0.29) is 29.1 Å². The Kier molecular flexibility index (Phi) is 6.21. The van der Waals surface area contributed by atoms with Crippen molar-refractivity contribution in [1.29, 1.82) is 0 Å². The van der Waals surface area contributed by atoms with Crippen LogP contribution in [0.25, 0.3) is 11.0 Å². The lowest BCUT2D eigenvalue weighted by Crippen LogP contribution is -2.28. The first-order chi connectivity index (χ1) is 15.3. The molecule has 0 radical (unpaired) electrons. The highest BCUT2D eigenvalue weighted by molar-refractivity contribution is 7.89. The fourth-order valence-electron chi connectivity index (χ4n) is 4.19. The standard InChI is InChI=1S/C23H28N4O4S/c1-16(2)27-19-8-5-4-7-18(19)25-22(27)12-13-24-32(29,30)21-15-17(10-11-20(21)31-3)26-14-6-9-23(26)28/h4-5,7-8,10-11,15-16,24H,6,9,12-14H2,1-3H3. The zero-order chi connectivity index (χ0) is 22.9. The van der Waals surface area contributed by atoms with Crippen LogP contribution >= 0.6 is 0 Å². The average Bonchev–Trinajstić information content (AvgIpc) is 3.36. The maximum absolute atomic E-state index is 13.1. The van der Waals surface area contributed by atoms with Gasteiger partial charge in [0.1, 0.15) is 16.5 Å². The van der Waals surface area contributed by atoms with Crippen LogP contribution in [0.1, 0.15) is 38.6 Å². The summed E-state index contributed by atoms with van der Waals surface area (Å²) in [5.74, 6) is 1.06. The highest BCUT2D eigenvalue weighted by atomic mass is 32.2. The molecule has 0 saturated carbocycles. The van der Waals surface area contributed by atoms with E-state index >= 15 is 0 Å². The monoisotopic (exact) mass is 456 g/mol. The number of fused-ring (bicyclic) bond motifs is 1. The molecule has 170 valence electrons. The van der Waals surface area contributed by atoms with Gasteiger partial charge in [0.2, 0.25) is 15.9 Å². The second-order valence-electron chi connectivity index (χ2n) is 8.11. The van der Waals surface area contributed by atoms with E-state index in [4.69, 9.17) is 9.72 Å². The number of aromatic nitrogens is 2. The van der Waals surface area contributed by atoms with E-state index in [1.807, 2.05) is 24.3 Å². The Hall–Kier alpha value is -2.91. The summed E-state index contributed by atoms with van der Waals surface area (Å²) in [6.45, 7) is 4.94. The van der Waals surface area contributed by atoms with Gasteiger partial charge in [-0.05, 0) is 50.6 Å². The predicted molar refractivity (Wildman–Crippen MR) is 124 cm³/mol. The molecule has 0 unspecified atom stereocenters. The molecule has 2 aromatic carbocycles. The van der Waals surface area contributed by atoms with Crippen molar-refractivity contribution in [3.8, 4) is 5.75 Å². The Balaban J connectivity index is 1.56. The molecule has 9 heteroatoms. The second kappa shape index (κ2) is 8.91. The number of hydrogen-bond acceptors (Lipinski definition) is 5. The number of carbonyl (C=O) groups excluding carboxylic acids is 1. The van der Waals surface area contributed by atoms with Gasteiger partial charge in [-0.3, -0.25) is 4.79 Å². The van der Waals surface area contributed by atoms with Crippen molar-refractivity contribution in [2.45, 2.75) is 44.0 Å². The van der Waals surface area contributed by atoms with E-state index in [1.54, 1.807) is 17.0 Å². The number of amides is 1. The van der Waals surface area contributed by atoms with Gasteiger partial charge in [0.15, 0.2) is 0 Å². The first-order valence-corrected chi connectivity index (χ1v) is 12.2. The van der Waals surface area contributed by atoms with E-state index in [9.17, 15) is 13.2 Å². The van der Waals surface area contributed by atoms with Crippen molar-refractivity contribution in [2.75, 3.05) is 25.1 Å². The van der Waals surface area contributed by atoms with Gasteiger partial charge in [0, 0.05) is 37.7 Å². The number of hydrogen-bond donors (Lipinski definition) is 1. The SMILES string of the molecule is COc1ccc(N2CCCC2=O)cc1S(=O)(=O)NCCc1nc2ccccc2n1C(C)C. The van der Waals surface area contributed by atoms with Gasteiger partial charge in [-0.15, -0.1) is 0 Å². The number of benzene rings is 2. The largest absolute Gasteiger partial charge is 0.495 e. The molecule has 1 amide bonds. The van der Waals surface area contributed by atoms with E-state index < -0.39 is 10.0 Å². The molecule has 4 rings (SSSR count). The third-order valence-electron chi connectivity index (χ3n) is 5.65. The van der Waals surface area contributed by atoms with Gasteiger partial charge < -0.3 is 14.2 Å². The summed E-state index contributed by atoms with van der Waals surface area (Å²) in [6.07, 6.45) is 1.68. The smallest absolute Gasteiger partial charge is 0.244 e. The van der Waals surface area contributed by atoms with Crippen molar-refractivity contribution in [1.82, 2.24) is 14.3 Å². The van der Waals surface area contributed by atoms with Crippen LogP contribution in [0.2, 0.25) is 0 Å². The number of imidazole rings is 1. The molecule has 1 aliphatic heterocycles. The van der Waals surface area contributed by atoms with E-state index in [0.29, 0.717) is 25.1 Å². The number of ether oxygens (including phenoxy) is 1.